The average Bonchev–Trinajstić information content (AvgIpc) is 2.49. The zero-order chi connectivity index (χ0) is 15.1. The molecule has 0 radical (unpaired) electrons. The summed E-state index contributed by atoms with van der Waals surface area (Å²) in [6.45, 7) is 5.08. The molecule has 3 N–H and O–H groups in total. The van der Waals surface area contributed by atoms with Crippen molar-refractivity contribution in [3.05, 3.63) is 53.9 Å². The van der Waals surface area contributed by atoms with E-state index < -0.39 is 0 Å². The molecule has 1 aromatic carbocycles. The number of anilines is 1. The maximum atomic E-state index is 5.84. The van der Waals surface area contributed by atoms with Crippen LogP contribution in [-0.4, -0.2) is 24.1 Å². The lowest BCUT2D eigenvalue weighted by Gasteiger charge is -2.08. The van der Waals surface area contributed by atoms with Gasteiger partial charge in [-0.05, 0) is 49.2 Å². The zero-order valence-corrected chi connectivity index (χ0v) is 15.1. The van der Waals surface area contributed by atoms with E-state index in [1.54, 1.807) is 12.4 Å². The first-order valence-corrected chi connectivity index (χ1v) is 6.82. The highest BCUT2D eigenvalue weighted by molar-refractivity contribution is 14.0. The van der Waals surface area contributed by atoms with Gasteiger partial charge in [-0.25, -0.2) is 4.99 Å². The van der Waals surface area contributed by atoms with Gasteiger partial charge in [-0.1, -0.05) is 6.07 Å². The van der Waals surface area contributed by atoms with Gasteiger partial charge in [-0.3, -0.25) is 4.98 Å². The summed E-state index contributed by atoms with van der Waals surface area (Å²) in [6, 6.07) is 9.76. The van der Waals surface area contributed by atoms with Crippen LogP contribution in [0.2, 0.25) is 0 Å². The Kier molecular flexibility index (Phi) is 7.65. The molecule has 118 valence electrons. The van der Waals surface area contributed by atoms with Crippen molar-refractivity contribution in [3.63, 3.8) is 0 Å². The van der Waals surface area contributed by atoms with Gasteiger partial charge in [-0.2, -0.15) is 0 Å². The van der Waals surface area contributed by atoms with Gasteiger partial charge in [0, 0.05) is 11.9 Å². The van der Waals surface area contributed by atoms with Crippen molar-refractivity contribution in [1.29, 1.82) is 0 Å². The zero-order valence-electron chi connectivity index (χ0n) is 12.7. The van der Waals surface area contributed by atoms with Crippen molar-refractivity contribution >= 4 is 35.6 Å². The van der Waals surface area contributed by atoms with Crippen LogP contribution in [-0.2, 0) is 0 Å². The van der Waals surface area contributed by atoms with Gasteiger partial charge in [-0.15, -0.1) is 24.0 Å². The van der Waals surface area contributed by atoms with Crippen molar-refractivity contribution in [2.45, 2.75) is 13.8 Å². The summed E-state index contributed by atoms with van der Waals surface area (Å²) >= 11 is 0. The summed E-state index contributed by atoms with van der Waals surface area (Å²) in [5, 5.41) is 3.07. The molecule has 0 unspecified atom stereocenters. The van der Waals surface area contributed by atoms with Crippen molar-refractivity contribution in [1.82, 2.24) is 4.98 Å². The van der Waals surface area contributed by atoms with Crippen molar-refractivity contribution < 1.29 is 4.74 Å². The molecule has 0 aliphatic carbocycles. The highest BCUT2D eigenvalue weighted by Crippen LogP contribution is 2.13. The fraction of sp³-hybridized carbons (Fsp3) is 0.250. The van der Waals surface area contributed by atoms with E-state index in [4.69, 9.17) is 10.5 Å². The van der Waals surface area contributed by atoms with E-state index in [1.807, 2.05) is 24.3 Å². The number of guanidine groups is 1. The molecular weight excluding hydrogens is 391 g/mol. The number of nitrogens with two attached hydrogens (primary N) is 1. The maximum absolute atomic E-state index is 5.84. The average molecular weight is 412 g/mol. The minimum absolute atomic E-state index is 0. The van der Waals surface area contributed by atoms with Gasteiger partial charge in [0.2, 0.25) is 0 Å². The summed E-state index contributed by atoms with van der Waals surface area (Å²) in [7, 11) is 0. The number of aryl methyl sites for hydroxylation is 2. The molecule has 0 aliphatic heterocycles. The Bertz CT molecular complexity index is 617. The number of hydrogen-bond acceptors (Lipinski definition) is 3. The second-order valence-electron chi connectivity index (χ2n) is 4.73. The third-order valence-electron chi connectivity index (χ3n) is 3.06. The van der Waals surface area contributed by atoms with Crippen LogP contribution < -0.4 is 15.8 Å². The number of aromatic nitrogens is 1. The predicted molar refractivity (Wildman–Crippen MR) is 101 cm³/mol. The van der Waals surface area contributed by atoms with Crippen LogP contribution in [0, 0.1) is 13.8 Å². The van der Waals surface area contributed by atoms with Crippen molar-refractivity contribution in [2.75, 3.05) is 18.5 Å². The number of nitrogens with zero attached hydrogens (tertiary/aromatic N) is 2. The smallest absolute Gasteiger partial charge is 0.193 e. The summed E-state index contributed by atoms with van der Waals surface area (Å²) in [5.74, 6) is 1.11. The number of pyridine rings is 1. The van der Waals surface area contributed by atoms with E-state index in [0.717, 1.165) is 11.4 Å². The first-order valence-electron chi connectivity index (χ1n) is 6.82. The fourth-order valence-corrected chi connectivity index (χ4v) is 1.77. The van der Waals surface area contributed by atoms with Gasteiger partial charge in [0.25, 0.3) is 0 Å². The third kappa shape index (κ3) is 5.88. The molecule has 0 atom stereocenters. The molecule has 0 bridgehead atoms. The van der Waals surface area contributed by atoms with Crippen LogP contribution in [0.1, 0.15) is 11.1 Å². The number of ether oxygens (including phenoxy) is 1. The van der Waals surface area contributed by atoms with E-state index in [-0.39, 0.29) is 24.0 Å². The molecule has 0 saturated carbocycles. The Balaban J connectivity index is 0.00000242. The molecule has 6 heteroatoms. The normalized spacial score (nSPS) is 10.7. The van der Waals surface area contributed by atoms with Crippen LogP contribution in [0.4, 0.5) is 5.69 Å². The molecule has 5 nitrogen and oxygen atoms in total. The van der Waals surface area contributed by atoms with Gasteiger partial charge >= 0.3 is 0 Å². The maximum Gasteiger partial charge on any atom is 0.193 e. The van der Waals surface area contributed by atoms with E-state index in [1.165, 1.54) is 11.1 Å². The fourth-order valence-electron chi connectivity index (χ4n) is 1.77. The molecular formula is C16H21IN4O. The van der Waals surface area contributed by atoms with Gasteiger partial charge in [0.05, 0.1) is 12.7 Å². The standard InChI is InChI=1S/C16H20N4O.HI/c1-12-5-6-14(10-13(12)2)20-16(17)19-8-9-21-15-4-3-7-18-11-15;/h3-7,10-11H,8-9H2,1-2H3,(H3,17,19,20);1H. The molecule has 0 fully saturated rings. The lowest BCUT2D eigenvalue weighted by molar-refractivity contribution is 0.327. The van der Waals surface area contributed by atoms with Crippen LogP contribution in [0.15, 0.2) is 47.7 Å². The minimum Gasteiger partial charge on any atom is -0.490 e. The molecule has 2 aromatic rings. The molecule has 0 amide bonds. The minimum atomic E-state index is 0. The number of benzene rings is 1. The van der Waals surface area contributed by atoms with Crippen LogP contribution >= 0.6 is 24.0 Å². The number of halogens is 1. The number of rotatable bonds is 5. The Morgan fingerprint density at radius 1 is 1.27 bits per heavy atom. The topological polar surface area (TPSA) is 72.5 Å². The number of hydrogen-bond donors (Lipinski definition) is 2. The molecule has 1 heterocycles. The highest BCUT2D eigenvalue weighted by Gasteiger charge is 1.98. The highest BCUT2D eigenvalue weighted by atomic mass is 127. The second kappa shape index (κ2) is 9.24. The summed E-state index contributed by atoms with van der Waals surface area (Å²) < 4.78 is 5.49. The van der Waals surface area contributed by atoms with Gasteiger partial charge < -0.3 is 15.8 Å². The van der Waals surface area contributed by atoms with Crippen LogP contribution in [0.5, 0.6) is 5.75 Å². The first kappa shape index (κ1) is 18.2. The van der Waals surface area contributed by atoms with Crippen LogP contribution in [0.3, 0.4) is 0 Å². The van der Waals surface area contributed by atoms with Crippen LogP contribution in [0.25, 0.3) is 0 Å². The van der Waals surface area contributed by atoms with E-state index in [2.05, 4.69) is 35.2 Å². The Labute approximate surface area is 148 Å². The molecule has 0 spiro atoms. The lowest BCUT2D eigenvalue weighted by Crippen LogP contribution is -2.23. The van der Waals surface area contributed by atoms with E-state index >= 15 is 0 Å². The van der Waals surface area contributed by atoms with E-state index in [9.17, 15) is 0 Å². The first-order chi connectivity index (χ1) is 10.1. The molecule has 1 aromatic heterocycles. The quantitative estimate of drug-likeness (QED) is 0.343. The Hall–Kier alpha value is -1.83. The van der Waals surface area contributed by atoms with E-state index in [0.29, 0.717) is 19.1 Å². The molecule has 0 aliphatic rings. The lowest BCUT2D eigenvalue weighted by atomic mass is 10.1. The Morgan fingerprint density at radius 3 is 2.77 bits per heavy atom. The third-order valence-corrected chi connectivity index (χ3v) is 3.06. The van der Waals surface area contributed by atoms with Gasteiger partial charge in [0.15, 0.2) is 5.96 Å². The summed E-state index contributed by atoms with van der Waals surface area (Å²) in [4.78, 5) is 8.20. The number of nitrogens with one attached hydrogen (secondary N) is 1. The SMILES string of the molecule is Cc1ccc(NC(N)=NCCOc2cccnc2)cc1C.I. The number of aliphatic imine (C=N–C) groups is 1. The monoisotopic (exact) mass is 412 g/mol. The molecule has 22 heavy (non-hydrogen) atoms. The van der Waals surface area contributed by atoms with Crippen molar-refractivity contribution in [3.8, 4) is 5.75 Å². The van der Waals surface area contributed by atoms with Gasteiger partial charge in [0.1, 0.15) is 12.4 Å². The summed E-state index contributed by atoms with van der Waals surface area (Å²) in [5.41, 5.74) is 9.25. The largest absolute Gasteiger partial charge is 0.490 e. The molecule has 2 rings (SSSR count). The van der Waals surface area contributed by atoms with Crippen molar-refractivity contribution in [2.24, 2.45) is 10.7 Å². The summed E-state index contributed by atoms with van der Waals surface area (Å²) in [6.07, 6.45) is 3.37. The second-order valence-corrected chi connectivity index (χ2v) is 4.73. The Morgan fingerprint density at radius 2 is 2.09 bits per heavy atom. The predicted octanol–water partition coefficient (Wildman–Crippen LogP) is 3.12. The molecule has 0 saturated heterocycles.